The molecule has 3 heterocycles. The zero-order valence-corrected chi connectivity index (χ0v) is 14.2. The lowest BCUT2D eigenvalue weighted by atomic mass is 10.1. The highest BCUT2D eigenvalue weighted by Gasteiger charge is 2.17. The number of hydrogen-bond acceptors (Lipinski definition) is 7. The Morgan fingerprint density at radius 1 is 1.19 bits per heavy atom. The van der Waals surface area contributed by atoms with Gasteiger partial charge in [-0.05, 0) is 12.1 Å². The van der Waals surface area contributed by atoms with Gasteiger partial charge in [0.15, 0.2) is 6.61 Å². The third-order valence-corrected chi connectivity index (χ3v) is 4.04. The fourth-order valence-corrected chi connectivity index (χ4v) is 2.60. The second-order valence-corrected chi connectivity index (χ2v) is 6.03. The van der Waals surface area contributed by atoms with Crippen molar-refractivity contribution in [1.29, 1.82) is 0 Å². The van der Waals surface area contributed by atoms with E-state index < -0.39 is 0 Å². The summed E-state index contributed by atoms with van der Waals surface area (Å²) >= 11 is 0. The van der Waals surface area contributed by atoms with Crippen LogP contribution in [0.3, 0.4) is 0 Å². The molecule has 138 valence electrons. The molecular formula is C18H20N2O6. The SMILES string of the molecule is O=C1CCN(Cc2cc(=O)c(OCC(=O)NCc3ccco3)co2)CC1. The topological polar surface area (TPSA) is 102 Å². The normalized spacial score (nSPS) is 15.0. The van der Waals surface area contributed by atoms with Gasteiger partial charge in [-0.3, -0.25) is 19.3 Å². The van der Waals surface area contributed by atoms with Crippen LogP contribution in [0.1, 0.15) is 24.4 Å². The van der Waals surface area contributed by atoms with E-state index in [1.165, 1.54) is 18.6 Å². The average Bonchev–Trinajstić information content (AvgIpc) is 3.15. The molecule has 1 fully saturated rings. The molecule has 1 aliphatic rings. The van der Waals surface area contributed by atoms with Crippen molar-refractivity contribution in [1.82, 2.24) is 10.2 Å². The Bertz CT molecular complexity index is 801. The smallest absolute Gasteiger partial charge is 0.258 e. The molecule has 3 rings (SSSR count). The Balaban J connectivity index is 1.47. The third kappa shape index (κ3) is 5.06. The van der Waals surface area contributed by atoms with Crippen molar-refractivity contribution in [3.63, 3.8) is 0 Å². The first-order valence-electron chi connectivity index (χ1n) is 8.38. The molecule has 0 aliphatic carbocycles. The van der Waals surface area contributed by atoms with Crippen LogP contribution in [-0.2, 0) is 22.7 Å². The van der Waals surface area contributed by atoms with E-state index in [1.54, 1.807) is 12.1 Å². The highest BCUT2D eigenvalue weighted by Crippen LogP contribution is 2.12. The highest BCUT2D eigenvalue weighted by molar-refractivity contribution is 5.79. The van der Waals surface area contributed by atoms with Gasteiger partial charge < -0.3 is 18.9 Å². The minimum Gasteiger partial charge on any atom is -0.477 e. The van der Waals surface area contributed by atoms with Crippen LogP contribution >= 0.6 is 0 Å². The number of ketones is 1. The van der Waals surface area contributed by atoms with Gasteiger partial charge in [0.2, 0.25) is 11.2 Å². The first-order valence-corrected chi connectivity index (χ1v) is 8.38. The van der Waals surface area contributed by atoms with Crippen molar-refractivity contribution in [3.05, 3.63) is 52.5 Å². The number of carbonyl (C=O) groups excluding carboxylic acids is 2. The molecule has 0 atom stereocenters. The van der Waals surface area contributed by atoms with E-state index in [2.05, 4.69) is 10.2 Å². The molecule has 0 spiro atoms. The summed E-state index contributed by atoms with van der Waals surface area (Å²) in [6, 6.07) is 4.83. The first-order chi connectivity index (χ1) is 12.6. The fourth-order valence-electron chi connectivity index (χ4n) is 2.60. The third-order valence-electron chi connectivity index (χ3n) is 4.04. The Labute approximate surface area is 149 Å². The lowest BCUT2D eigenvalue weighted by molar-refractivity contribution is -0.123. The number of rotatable bonds is 7. The van der Waals surface area contributed by atoms with Gasteiger partial charge in [-0.1, -0.05) is 0 Å². The Morgan fingerprint density at radius 3 is 2.69 bits per heavy atom. The van der Waals surface area contributed by atoms with Crippen LogP contribution < -0.4 is 15.5 Å². The van der Waals surface area contributed by atoms with Crippen LogP contribution in [0.25, 0.3) is 0 Å². The van der Waals surface area contributed by atoms with Crippen LogP contribution in [0.15, 0.2) is 44.4 Å². The summed E-state index contributed by atoms with van der Waals surface area (Å²) in [6.07, 6.45) is 3.79. The number of furan rings is 1. The molecule has 1 N–H and O–H groups in total. The predicted octanol–water partition coefficient (Wildman–Crippen LogP) is 1.09. The van der Waals surface area contributed by atoms with Gasteiger partial charge in [0.05, 0.1) is 19.4 Å². The fraction of sp³-hybridized carbons (Fsp3) is 0.389. The second kappa shape index (κ2) is 8.48. The molecule has 8 heteroatoms. The quantitative estimate of drug-likeness (QED) is 0.788. The molecule has 0 aromatic carbocycles. The van der Waals surface area contributed by atoms with Crippen LogP contribution in [0.5, 0.6) is 5.75 Å². The monoisotopic (exact) mass is 360 g/mol. The van der Waals surface area contributed by atoms with E-state index >= 15 is 0 Å². The van der Waals surface area contributed by atoms with E-state index in [1.807, 2.05) is 0 Å². The summed E-state index contributed by atoms with van der Waals surface area (Å²) in [4.78, 5) is 37.1. The van der Waals surface area contributed by atoms with E-state index in [9.17, 15) is 14.4 Å². The molecule has 0 saturated carbocycles. The molecule has 1 saturated heterocycles. The maximum absolute atomic E-state index is 12.1. The Hall–Kier alpha value is -2.87. The molecular weight excluding hydrogens is 340 g/mol. The van der Waals surface area contributed by atoms with Gasteiger partial charge >= 0.3 is 0 Å². The second-order valence-electron chi connectivity index (χ2n) is 6.03. The molecule has 26 heavy (non-hydrogen) atoms. The number of ether oxygens (including phenoxy) is 1. The minimum absolute atomic E-state index is 0.0179. The number of Topliss-reactive ketones (excluding diaryl/α,β-unsaturated/α-hetero) is 1. The molecule has 2 aromatic heterocycles. The van der Waals surface area contributed by atoms with E-state index in [0.29, 0.717) is 44.0 Å². The molecule has 1 aliphatic heterocycles. The van der Waals surface area contributed by atoms with Crippen LogP contribution in [0.2, 0.25) is 0 Å². The van der Waals surface area contributed by atoms with Gasteiger partial charge in [0, 0.05) is 32.0 Å². The number of nitrogens with one attached hydrogen (secondary N) is 1. The molecule has 8 nitrogen and oxygen atoms in total. The summed E-state index contributed by atoms with van der Waals surface area (Å²) in [5.41, 5.74) is -0.349. The maximum Gasteiger partial charge on any atom is 0.258 e. The van der Waals surface area contributed by atoms with Crippen molar-refractivity contribution in [2.45, 2.75) is 25.9 Å². The Morgan fingerprint density at radius 2 is 2.00 bits per heavy atom. The lowest BCUT2D eigenvalue weighted by Gasteiger charge is -2.24. The lowest BCUT2D eigenvalue weighted by Crippen LogP contribution is -2.33. The van der Waals surface area contributed by atoms with E-state index in [-0.39, 0.29) is 36.0 Å². The molecule has 0 bridgehead atoms. The molecule has 0 unspecified atom stereocenters. The van der Waals surface area contributed by atoms with Crippen molar-refractivity contribution in [2.24, 2.45) is 0 Å². The minimum atomic E-state index is -0.372. The number of hydrogen-bond donors (Lipinski definition) is 1. The highest BCUT2D eigenvalue weighted by atomic mass is 16.5. The van der Waals surface area contributed by atoms with E-state index in [0.717, 1.165) is 0 Å². The van der Waals surface area contributed by atoms with Crippen molar-refractivity contribution in [2.75, 3.05) is 19.7 Å². The van der Waals surface area contributed by atoms with Gasteiger partial charge in [0.25, 0.3) is 5.91 Å². The van der Waals surface area contributed by atoms with Crippen molar-refractivity contribution >= 4 is 11.7 Å². The zero-order valence-electron chi connectivity index (χ0n) is 14.2. The number of nitrogens with zero attached hydrogens (tertiary/aromatic N) is 1. The van der Waals surface area contributed by atoms with Crippen molar-refractivity contribution in [3.8, 4) is 5.75 Å². The maximum atomic E-state index is 12.1. The van der Waals surface area contributed by atoms with Gasteiger partial charge in [0.1, 0.15) is 23.6 Å². The molecule has 0 radical (unpaired) electrons. The number of amides is 1. The number of likely N-dealkylation sites (tertiary alicyclic amines) is 1. The van der Waals surface area contributed by atoms with Gasteiger partial charge in [-0.25, -0.2) is 0 Å². The van der Waals surface area contributed by atoms with Crippen LogP contribution in [0, 0.1) is 0 Å². The van der Waals surface area contributed by atoms with Gasteiger partial charge in [-0.2, -0.15) is 0 Å². The largest absolute Gasteiger partial charge is 0.477 e. The van der Waals surface area contributed by atoms with Crippen molar-refractivity contribution < 1.29 is 23.2 Å². The summed E-state index contributed by atoms with van der Waals surface area (Å²) in [6.45, 7) is 1.75. The zero-order chi connectivity index (χ0) is 18.4. The Kier molecular flexibility index (Phi) is 5.85. The van der Waals surface area contributed by atoms with E-state index in [4.69, 9.17) is 13.6 Å². The van der Waals surface area contributed by atoms with Crippen LogP contribution in [-0.4, -0.2) is 36.3 Å². The molecule has 2 aromatic rings. The summed E-state index contributed by atoms with van der Waals surface area (Å²) in [7, 11) is 0. The first kappa shape index (κ1) is 17.9. The predicted molar refractivity (Wildman–Crippen MR) is 90.5 cm³/mol. The average molecular weight is 360 g/mol. The van der Waals surface area contributed by atoms with Crippen LogP contribution in [0.4, 0.5) is 0 Å². The standard InChI is InChI=1S/C18H20N2O6/c21-13-3-5-20(6-4-13)10-15-8-16(22)17(11-25-15)26-12-18(23)19-9-14-2-1-7-24-14/h1-2,7-8,11H,3-6,9-10,12H2,(H,19,23). The number of carbonyl (C=O) groups is 2. The summed E-state index contributed by atoms with van der Waals surface area (Å²) in [5.74, 6) is 0.996. The molecule has 1 amide bonds. The van der Waals surface area contributed by atoms with Gasteiger partial charge in [-0.15, -0.1) is 0 Å². The number of piperidine rings is 1. The summed E-state index contributed by atoms with van der Waals surface area (Å²) < 4.78 is 15.7. The summed E-state index contributed by atoms with van der Waals surface area (Å²) in [5, 5.41) is 2.62.